The quantitative estimate of drug-likeness (QED) is 0.353. The number of carboxylic acid groups (broad SMARTS) is 1. The minimum atomic E-state index is -1.24. The van der Waals surface area contributed by atoms with Gasteiger partial charge in [0.1, 0.15) is 21.2 Å². The highest BCUT2D eigenvalue weighted by Gasteiger charge is 2.58. The number of nitrogens with zero attached hydrogens (tertiary/aromatic N) is 3. The number of carbonyl (C=O) groups is 3. The van der Waals surface area contributed by atoms with Gasteiger partial charge in [-0.15, -0.1) is 11.8 Å². The van der Waals surface area contributed by atoms with E-state index in [1.165, 1.54) is 23.5 Å². The number of nitrogens with two attached hydrogens (primary N) is 1. The number of hydrogen-bond acceptors (Lipinski definition) is 7. The molecule has 37 heavy (non-hydrogen) atoms. The summed E-state index contributed by atoms with van der Waals surface area (Å²) in [7, 11) is 0. The molecule has 11 heteroatoms. The van der Waals surface area contributed by atoms with Crippen molar-refractivity contribution in [1.82, 2.24) is 20.0 Å². The lowest BCUT2D eigenvalue weighted by molar-refractivity contribution is -0.152. The Balaban J connectivity index is 1.26. The standard InChI is InChI=1S/C26H27N5O4S2/c27-12-10-17-6-4-5-7-18(17)14-20(32)29-22-23(33)30-15-26(25(34)35,16-36-24(22)30)37-21-11-13-28-31(21)19-8-2-1-3-9-19/h1-9,11,13,22,24H,10,12,14-16,27H2,(H,29,32)(H,34,35)/t22-,24-,26?/m1/s1. The normalized spacial score (nSPS) is 22.7. The number of hydrogen-bond donors (Lipinski definition) is 3. The first-order valence-electron chi connectivity index (χ1n) is 11.9. The number of fused-ring (bicyclic) bond motifs is 1. The topological polar surface area (TPSA) is 131 Å². The minimum Gasteiger partial charge on any atom is -0.480 e. The van der Waals surface area contributed by atoms with Gasteiger partial charge in [0.15, 0.2) is 0 Å². The van der Waals surface area contributed by atoms with Crippen LogP contribution in [0.4, 0.5) is 0 Å². The molecule has 3 atom stereocenters. The highest BCUT2D eigenvalue weighted by molar-refractivity contribution is 8.05. The Bertz CT molecular complexity index is 1320. The van der Waals surface area contributed by atoms with Gasteiger partial charge in [0.2, 0.25) is 11.8 Å². The Labute approximate surface area is 222 Å². The van der Waals surface area contributed by atoms with Crippen LogP contribution in [0.2, 0.25) is 0 Å². The molecule has 4 N–H and O–H groups in total. The summed E-state index contributed by atoms with van der Waals surface area (Å²) in [6.07, 6.45) is 2.47. The number of carboxylic acids is 1. The third kappa shape index (κ3) is 4.98. The first-order chi connectivity index (χ1) is 17.9. The smallest absolute Gasteiger partial charge is 0.322 e. The second kappa shape index (κ2) is 10.6. The molecule has 3 heterocycles. The Morgan fingerprint density at radius 2 is 1.86 bits per heavy atom. The van der Waals surface area contributed by atoms with Crippen LogP contribution in [-0.4, -0.2) is 72.6 Å². The Kier molecular flexibility index (Phi) is 7.27. The van der Waals surface area contributed by atoms with Crippen molar-refractivity contribution in [3.05, 3.63) is 78.0 Å². The van der Waals surface area contributed by atoms with E-state index >= 15 is 0 Å². The number of para-hydroxylation sites is 1. The predicted molar refractivity (Wildman–Crippen MR) is 143 cm³/mol. The zero-order valence-corrected chi connectivity index (χ0v) is 21.6. The largest absolute Gasteiger partial charge is 0.480 e. The van der Waals surface area contributed by atoms with Gasteiger partial charge in [-0.25, -0.2) is 4.68 Å². The Morgan fingerprint density at radius 3 is 2.59 bits per heavy atom. The molecule has 2 aliphatic rings. The van der Waals surface area contributed by atoms with Crippen LogP contribution in [0.1, 0.15) is 11.1 Å². The average molecular weight is 538 g/mol. The van der Waals surface area contributed by atoms with Crippen molar-refractivity contribution in [2.24, 2.45) is 5.73 Å². The van der Waals surface area contributed by atoms with Gasteiger partial charge in [-0.3, -0.25) is 14.4 Å². The number of aromatic nitrogens is 2. The van der Waals surface area contributed by atoms with Crippen LogP contribution >= 0.6 is 23.5 Å². The SMILES string of the molecule is NCCc1ccccc1CC(=O)N[C@@H]1C(=O)N2CC(Sc3ccnn3-c3ccccc3)(C(=O)O)CS[C@H]12. The summed E-state index contributed by atoms with van der Waals surface area (Å²) in [6, 6.07) is 18.2. The number of β-lactam (4-membered cyclic amide) rings is 1. The van der Waals surface area contributed by atoms with Crippen LogP contribution in [0, 0.1) is 0 Å². The summed E-state index contributed by atoms with van der Waals surface area (Å²) in [5, 5.41) is 17.8. The number of amides is 2. The molecule has 5 rings (SSSR count). The fourth-order valence-corrected chi connectivity index (χ4v) is 7.53. The molecule has 1 aromatic heterocycles. The van der Waals surface area contributed by atoms with E-state index in [-0.39, 0.29) is 35.9 Å². The number of rotatable bonds is 9. The molecule has 3 aromatic rings. The molecule has 9 nitrogen and oxygen atoms in total. The maximum atomic E-state index is 13.0. The molecule has 2 aliphatic heterocycles. The molecule has 2 saturated heterocycles. The molecule has 1 unspecified atom stereocenters. The summed E-state index contributed by atoms with van der Waals surface area (Å²) in [4.78, 5) is 39.9. The van der Waals surface area contributed by atoms with Gasteiger partial charge >= 0.3 is 5.97 Å². The van der Waals surface area contributed by atoms with Gasteiger partial charge < -0.3 is 21.1 Å². The van der Waals surface area contributed by atoms with Crippen LogP contribution in [0.25, 0.3) is 5.69 Å². The highest BCUT2D eigenvalue weighted by atomic mass is 32.2. The van der Waals surface area contributed by atoms with Gasteiger partial charge in [0, 0.05) is 12.3 Å². The molecule has 192 valence electrons. The van der Waals surface area contributed by atoms with Crippen molar-refractivity contribution in [1.29, 1.82) is 0 Å². The number of benzene rings is 2. The van der Waals surface area contributed by atoms with Gasteiger partial charge in [0.25, 0.3) is 0 Å². The van der Waals surface area contributed by atoms with Crippen molar-refractivity contribution in [3.8, 4) is 5.69 Å². The zero-order chi connectivity index (χ0) is 26.0. The molecule has 0 aliphatic carbocycles. The fraction of sp³-hybridized carbons (Fsp3) is 0.308. The fourth-order valence-electron chi connectivity index (χ4n) is 4.65. The van der Waals surface area contributed by atoms with E-state index in [4.69, 9.17) is 5.73 Å². The first kappa shape index (κ1) is 25.4. The van der Waals surface area contributed by atoms with Crippen LogP contribution in [0.3, 0.4) is 0 Å². The number of nitrogens with one attached hydrogen (secondary N) is 1. The third-order valence-electron chi connectivity index (χ3n) is 6.55. The van der Waals surface area contributed by atoms with Gasteiger partial charge in [-0.2, -0.15) is 5.10 Å². The zero-order valence-electron chi connectivity index (χ0n) is 19.9. The molecular formula is C26H27N5O4S2. The first-order valence-corrected chi connectivity index (χ1v) is 13.8. The van der Waals surface area contributed by atoms with E-state index in [0.717, 1.165) is 16.8 Å². The molecule has 2 aromatic carbocycles. The Hall–Kier alpha value is -3.28. The van der Waals surface area contributed by atoms with Crippen LogP contribution in [0.15, 0.2) is 71.9 Å². The van der Waals surface area contributed by atoms with Crippen molar-refractivity contribution in [3.63, 3.8) is 0 Å². The minimum absolute atomic E-state index is 0.0508. The molecule has 2 amide bonds. The lowest BCUT2D eigenvalue weighted by Crippen LogP contribution is -2.74. The van der Waals surface area contributed by atoms with Crippen molar-refractivity contribution < 1.29 is 19.5 Å². The monoisotopic (exact) mass is 537 g/mol. The predicted octanol–water partition coefficient (Wildman–Crippen LogP) is 1.93. The molecule has 0 bridgehead atoms. The number of carbonyl (C=O) groups excluding carboxylic acids is 2. The number of aliphatic carboxylic acids is 1. The molecule has 0 radical (unpaired) electrons. The van der Waals surface area contributed by atoms with Gasteiger partial charge in [-0.05, 0) is 42.3 Å². The van der Waals surface area contributed by atoms with E-state index in [1.54, 1.807) is 21.8 Å². The maximum Gasteiger partial charge on any atom is 0.322 e. The third-order valence-corrected chi connectivity index (χ3v) is 9.62. The summed E-state index contributed by atoms with van der Waals surface area (Å²) < 4.78 is 0.467. The van der Waals surface area contributed by atoms with Crippen LogP contribution < -0.4 is 11.1 Å². The van der Waals surface area contributed by atoms with Gasteiger partial charge in [-0.1, -0.05) is 54.2 Å². The summed E-state index contributed by atoms with van der Waals surface area (Å²) in [6.45, 7) is 0.540. The van der Waals surface area contributed by atoms with Crippen molar-refractivity contribution in [2.45, 2.75) is 34.0 Å². The molecule has 0 spiro atoms. The van der Waals surface area contributed by atoms with E-state index in [1.807, 2.05) is 54.6 Å². The molecule has 2 fully saturated rings. The second-order valence-electron chi connectivity index (χ2n) is 9.02. The Morgan fingerprint density at radius 1 is 1.14 bits per heavy atom. The lowest BCUT2D eigenvalue weighted by atomic mass is 9.99. The van der Waals surface area contributed by atoms with Gasteiger partial charge in [0.05, 0.1) is 18.3 Å². The summed E-state index contributed by atoms with van der Waals surface area (Å²) in [5.41, 5.74) is 8.42. The average Bonchev–Trinajstić information content (AvgIpc) is 3.37. The van der Waals surface area contributed by atoms with E-state index in [9.17, 15) is 19.5 Å². The van der Waals surface area contributed by atoms with Crippen LogP contribution in [-0.2, 0) is 27.2 Å². The molecule has 0 saturated carbocycles. The highest BCUT2D eigenvalue weighted by Crippen LogP contribution is 2.46. The molecular weight excluding hydrogens is 510 g/mol. The van der Waals surface area contributed by atoms with E-state index in [0.29, 0.717) is 18.0 Å². The lowest BCUT2D eigenvalue weighted by Gasteiger charge is -2.53. The van der Waals surface area contributed by atoms with E-state index in [2.05, 4.69) is 10.4 Å². The number of thioether (sulfide) groups is 2. The summed E-state index contributed by atoms with van der Waals surface area (Å²) >= 11 is 2.59. The van der Waals surface area contributed by atoms with E-state index < -0.39 is 16.8 Å². The van der Waals surface area contributed by atoms with Crippen molar-refractivity contribution >= 4 is 41.3 Å². The summed E-state index contributed by atoms with van der Waals surface area (Å²) in [5.74, 6) is -1.20. The maximum absolute atomic E-state index is 13.0. The van der Waals surface area contributed by atoms with Crippen LogP contribution in [0.5, 0.6) is 0 Å². The second-order valence-corrected chi connectivity index (χ2v) is 11.5. The van der Waals surface area contributed by atoms with Crippen molar-refractivity contribution in [2.75, 3.05) is 18.8 Å².